The maximum Gasteiger partial charge on any atom is 0.141 e. The molecular formula is C15H25FN4. The van der Waals surface area contributed by atoms with Crippen LogP contribution in [0.4, 0.5) is 4.39 Å². The first kappa shape index (κ1) is 15.4. The number of hydrogen-bond donors (Lipinski definition) is 1. The third-order valence-electron chi connectivity index (χ3n) is 4.00. The van der Waals surface area contributed by atoms with E-state index < -0.39 is 0 Å². The van der Waals surface area contributed by atoms with Crippen LogP contribution in [0.2, 0.25) is 0 Å². The van der Waals surface area contributed by atoms with Crippen molar-refractivity contribution in [1.82, 2.24) is 20.1 Å². The predicted octanol–water partition coefficient (Wildman–Crippen LogP) is 1.51. The largest absolute Gasteiger partial charge is 0.312 e. The van der Waals surface area contributed by atoms with E-state index in [0.29, 0.717) is 0 Å². The Labute approximate surface area is 121 Å². The van der Waals surface area contributed by atoms with E-state index in [1.807, 2.05) is 7.05 Å². The molecule has 0 spiro atoms. The average Bonchev–Trinajstić information content (AvgIpc) is 2.66. The lowest BCUT2D eigenvalue weighted by molar-refractivity contribution is 0.261. The van der Waals surface area contributed by atoms with Crippen LogP contribution in [0, 0.1) is 5.82 Å². The van der Waals surface area contributed by atoms with Crippen molar-refractivity contribution in [2.45, 2.75) is 18.9 Å². The smallest absolute Gasteiger partial charge is 0.141 e. The van der Waals surface area contributed by atoms with Gasteiger partial charge in [0.05, 0.1) is 17.9 Å². The molecule has 2 rings (SSSR count). The van der Waals surface area contributed by atoms with Gasteiger partial charge in [-0.25, -0.2) is 4.39 Å². The summed E-state index contributed by atoms with van der Waals surface area (Å²) >= 11 is 0. The molecular weight excluding hydrogens is 255 g/mol. The molecule has 1 aromatic heterocycles. The molecule has 0 radical (unpaired) electrons. The number of hydrogen-bond acceptors (Lipinski definition) is 4. The number of nitrogens with zero attached hydrogens (tertiary/aromatic N) is 3. The van der Waals surface area contributed by atoms with Crippen molar-refractivity contribution in [2.75, 3.05) is 46.8 Å². The summed E-state index contributed by atoms with van der Waals surface area (Å²) in [4.78, 5) is 9.08. The first-order valence-corrected chi connectivity index (χ1v) is 7.38. The van der Waals surface area contributed by atoms with Gasteiger partial charge in [-0.1, -0.05) is 0 Å². The topological polar surface area (TPSA) is 31.4 Å². The minimum absolute atomic E-state index is 0.191. The number of aromatic nitrogens is 1. The second-order valence-electron chi connectivity index (χ2n) is 5.53. The van der Waals surface area contributed by atoms with Crippen LogP contribution in [0.25, 0.3) is 0 Å². The van der Waals surface area contributed by atoms with E-state index in [9.17, 15) is 4.39 Å². The summed E-state index contributed by atoms with van der Waals surface area (Å²) in [6, 6.07) is 3.44. The second-order valence-corrected chi connectivity index (χ2v) is 5.53. The normalized spacial score (nSPS) is 19.8. The molecule has 1 atom stereocenters. The molecule has 0 saturated carbocycles. The van der Waals surface area contributed by atoms with Crippen LogP contribution >= 0.6 is 0 Å². The van der Waals surface area contributed by atoms with Crippen molar-refractivity contribution < 1.29 is 4.39 Å². The molecule has 1 fully saturated rings. The quantitative estimate of drug-likeness (QED) is 0.886. The molecule has 1 aliphatic heterocycles. The molecule has 0 aliphatic carbocycles. The molecule has 0 bridgehead atoms. The molecule has 112 valence electrons. The van der Waals surface area contributed by atoms with Gasteiger partial charge >= 0.3 is 0 Å². The van der Waals surface area contributed by atoms with Crippen molar-refractivity contribution in [3.8, 4) is 0 Å². The molecule has 1 saturated heterocycles. The van der Waals surface area contributed by atoms with Gasteiger partial charge in [-0.05, 0) is 52.2 Å². The van der Waals surface area contributed by atoms with Gasteiger partial charge in [-0.3, -0.25) is 4.98 Å². The van der Waals surface area contributed by atoms with Gasteiger partial charge in [0.15, 0.2) is 0 Å². The fourth-order valence-corrected chi connectivity index (χ4v) is 2.67. The van der Waals surface area contributed by atoms with E-state index in [0.717, 1.165) is 38.3 Å². The molecule has 2 heterocycles. The zero-order valence-corrected chi connectivity index (χ0v) is 12.5. The zero-order chi connectivity index (χ0) is 14.4. The lowest BCUT2D eigenvalue weighted by Gasteiger charge is -2.23. The Kier molecular flexibility index (Phi) is 5.88. The fourth-order valence-electron chi connectivity index (χ4n) is 2.67. The van der Waals surface area contributed by atoms with E-state index in [2.05, 4.69) is 27.1 Å². The summed E-state index contributed by atoms with van der Waals surface area (Å²) in [6.07, 6.45) is 3.52. The van der Waals surface area contributed by atoms with Crippen molar-refractivity contribution >= 4 is 0 Å². The Morgan fingerprint density at radius 3 is 2.85 bits per heavy atom. The summed E-state index contributed by atoms with van der Waals surface area (Å²) in [5, 5.41) is 3.28. The third-order valence-corrected chi connectivity index (χ3v) is 4.00. The number of rotatable bonds is 5. The predicted molar refractivity (Wildman–Crippen MR) is 79.2 cm³/mol. The van der Waals surface area contributed by atoms with Crippen LogP contribution in [0.15, 0.2) is 18.3 Å². The highest BCUT2D eigenvalue weighted by molar-refractivity contribution is 5.09. The van der Waals surface area contributed by atoms with E-state index in [4.69, 9.17) is 0 Å². The first-order valence-electron chi connectivity index (χ1n) is 7.38. The number of pyridine rings is 1. The van der Waals surface area contributed by atoms with E-state index in [-0.39, 0.29) is 11.9 Å². The van der Waals surface area contributed by atoms with Gasteiger partial charge in [0, 0.05) is 19.6 Å². The van der Waals surface area contributed by atoms with Crippen molar-refractivity contribution in [2.24, 2.45) is 0 Å². The molecule has 1 aromatic rings. The van der Waals surface area contributed by atoms with Crippen molar-refractivity contribution in [3.63, 3.8) is 0 Å². The molecule has 1 N–H and O–H groups in total. The Balaban J connectivity index is 1.85. The van der Waals surface area contributed by atoms with E-state index >= 15 is 0 Å². The Morgan fingerprint density at radius 1 is 1.30 bits per heavy atom. The van der Waals surface area contributed by atoms with Crippen LogP contribution in [0.3, 0.4) is 0 Å². The molecule has 0 amide bonds. The highest BCUT2D eigenvalue weighted by atomic mass is 19.1. The van der Waals surface area contributed by atoms with Gasteiger partial charge < -0.3 is 15.1 Å². The van der Waals surface area contributed by atoms with Crippen LogP contribution in [-0.2, 0) is 0 Å². The minimum atomic E-state index is -0.279. The second kappa shape index (κ2) is 7.67. The molecule has 1 unspecified atom stereocenters. The van der Waals surface area contributed by atoms with Crippen LogP contribution in [-0.4, -0.2) is 61.6 Å². The third kappa shape index (κ3) is 4.51. The van der Waals surface area contributed by atoms with E-state index in [1.165, 1.54) is 25.2 Å². The SMILES string of the molecule is CNC(CCN1CCCN(C)CC1)c1ccc(F)cn1. The Bertz CT molecular complexity index is 395. The number of halogens is 1. The molecule has 0 aromatic carbocycles. The first-order chi connectivity index (χ1) is 9.69. The average molecular weight is 280 g/mol. The maximum atomic E-state index is 12.9. The summed E-state index contributed by atoms with van der Waals surface area (Å²) in [6.45, 7) is 5.67. The molecule has 1 aliphatic rings. The summed E-state index contributed by atoms with van der Waals surface area (Å²) < 4.78 is 12.9. The van der Waals surface area contributed by atoms with Gasteiger partial charge in [0.2, 0.25) is 0 Å². The van der Waals surface area contributed by atoms with Gasteiger partial charge in [-0.2, -0.15) is 0 Å². The van der Waals surface area contributed by atoms with Gasteiger partial charge in [0.1, 0.15) is 5.82 Å². The monoisotopic (exact) mass is 280 g/mol. The maximum absolute atomic E-state index is 12.9. The standard InChI is InChI=1S/C15H25FN4/c1-17-14(15-5-4-13(16)12-18-15)6-9-20-8-3-7-19(2)10-11-20/h4-5,12,14,17H,3,6-11H2,1-2H3. The summed E-state index contributed by atoms with van der Waals surface area (Å²) in [5.74, 6) is -0.279. The molecule has 5 heteroatoms. The van der Waals surface area contributed by atoms with Crippen molar-refractivity contribution in [3.05, 3.63) is 29.8 Å². The number of nitrogens with one attached hydrogen (secondary N) is 1. The van der Waals surface area contributed by atoms with Crippen LogP contribution in [0.1, 0.15) is 24.6 Å². The highest BCUT2D eigenvalue weighted by Gasteiger charge is 2.15. The lowest BCUT2D eigenvalue weighted by Crippen LogP contribution is -2.32. The van der Waals surface area contributed by atoms with Crippen molar-refractivity contribution in [1.29, 1.82) is 0 Å². The Morgan fingerprint density at radius 2 is 2.15 bits per heavy atom. The highest BCUT2D eigenvalue weighted by Crippen LogP contribution is 2.15. The number of likely N-dealkylation sites (N-methyl/N-ethyl adjacent to an activating group) is 1. The summed E-state index contributed by atoms with van der Waals surface area (Å²) in [5.41, 5.74) is 0.917. The fraction of sp³-hybridized carbons (Fsp3) is 0.667. The molecule has 4 nitrogen and oxygen atoms in total. The molecule has 20 heavy (non-hydrogen) atoms. The summed E-state index contributed by atoms with van der Waals surface area (Å²) in [7, 11) is 4.12. The van der Waals surface area contributed by atoms with Crippen LogP contribution in [0.5, 0.6) is 0 Å². The Hall–Kier alpha value is -1.04. The van der Waals surface area contributed by atoms with Crippen LogP contribution < -0.4 is 5.32 Å². The van der Waals surface area contributed by atoms with E-state index in [1.54, 1.807) is 6.07 Å². The van der Waals surface area contributed by atoms with Gasteiger partial charge in [0.25, 0.3) is 0 Å². The minimum Gasteiger partial charge on any atom is -0.312 e. The van der Waals surface area contributed by atoms with Gasteiger partial charge in [-0.15, -0.1) is 0 Å². The lowest BCUT2D eigenvalue weighted by atomic mass is 10.1. The zero-order valence-electron chi connectivity index (χ0n) is 12.5.